The van der Waals surface area contributed by atoms with Crippen LogP contribution in [0, 0.1) is 0 Å². The minimum Gasteiger partial charge on any atom is -0.395 e. The highest BCUT2D eigenvalue weighted by atomic mass is 32.2. The number of rotatable bonds is 6. The number of hydrogen-bond donors (Lipinski definition) is 2. The van der Waals surface area contributed by atoms with Gasteiger partial charge in [0.1, 0.15) is 0 Å². The zero-order valence-corrected chi connectivity index (χ0v) is 9.68. The summed E-state index contributed by atoms with van der Waals surface area (Å²) in [6, 6.07) is 0.813. The monoisotopic (exact) mass is 219 g/mol. The summed E-state index contributed by atoms with van der Waals surface area (Å²) in [5, 5.41) is 12.7. The van der Waals surface area contributed by atoms with Gasteiger partial charge in [0.15, 0.2) is 0 Å². The van der Waals surface area contributed by atoms with E-state index < -0.39 is 0 Å². The fourth-order valence-corrected chi connectivity index (χ4v) is 2.21. The normalized spacial score (nSPS) is 21.0. The van der Waals surface area contributed by atoms with Crippen LogP contribution in [-0.2, 0) is 4.74 Å². The Balaban J connectivity index is 2.16. The lowest BCUT2D eigenvalue weighted by Gasteiger charge is -2.27. The minimum atomic E-state index is 0.248. The second kappa shape index (κ2) is 7.51. The topological polar surface area (TPSA) is 41.5 Å². The summed E-state index contributed by atoms with van der Waals surface area (Å²) < 4.78 is 5.29. The highest BCUT2D eigenvalue weighted by Gasteiger charge is 2.17. The van der Waals surface area contributed by atoms with E-state index in [0.717, 1.165) is 38.2 Å². The van der Waals surface area contributed by atoms with Gasteiger partial charge in [-0.3, -0.25) is 0 Å². The highest BCUT2D eigenvalue weighted by Crippen LogP contribution is 2.09. The van der Waals surface area contributed by atoms with Gasteiger partial charge in [-0.25, -0.2) is 0 Å². The number of ether oxygens (including phenoxy) is 1. The molecule has 2 N–H and O–H groups in total. The van der Waals surface area contributed by atoms with Crippen molar-refractivity contribution in [3.05, 3.63) is 0 Å². The molecule has 0 bridgehead atoms. The molecule has 0 spiro atoms. The molecule has 0 radical (unpaired) electrons. The average molecular weight is 219 g/mol. The van der Waals surface area contributed by atoms with E-state index in [2.05, 4.69) is 11.6 Å². The smallest absolute Gasteiger partial charge is 0.0585 e. The first-order valence-electron chi connectivity index (χ1n) is 5.30. The van der Waals surface area contributed by atoms with E-state index in [1.54, 1.807) is 0 Å². The van der Waals surface area contributed by atoms with Crippen molar-refractivity contribution >= 4 is 11.8 Å². The maximum Gasteiger partial charge on any atom is 0.0585 e. The summed E-state index contributed by atoms with van der Waals surface area (Å²) in [5.74, 6) is 1.11. The number of aliphatic hydroxyl groups excluding tert-OH is 1. The lowest BCUT2D eigenvalue weighted by atomic mass is 10.1. The lowest BCUT2D eigenvalue weighted by molar-refractivity contribution is 0.0713. The summed E-state index contributed by atoms with van der Waals surface area (Å²) in [7, 11) is 0. The van der Waals surface area contributed by atoms with Crippen LogP contribution in [0.2, 0.25) is 0 Å². The van der Waals surface area contributed by atoms with Crippen molar-refractivity contribution in [3.63, 3.8) is 0 Å². The summed E-state index contributed by atoms with van der Waals surface area (Å²) in [4.78, 5) is 0. The van der Waals surface area contributed by atoms with Crippen LogP contribution >= 0.6 is 11.8 Å². The van der Waals surface area contributed by atoms with Crippen LogP contribution in [0.1, 0.15) is 19.3 Å². The van der Waals surface area contributed by atoms with Gasteiger partial charge in [0.25, 0.3) is 0 Å². The summed E-state index contributed by atoms with van der Waals surface area (Å²) >= 11 is 1.83. The maximum atomic E-state index is 9.18. The molecule has 0 amide bonds. The van der Waals surface area contributed by atoms with Crippen molar-refractivity contribution in [2.75, 3.05) is 31.8 Å². The molecule has 0 saturated carbocycles. The van der Waals surface area contributed by atoms with Crippen molar-refractivity contribution in [1.82, 2.24) is 5.32 Å². The van der Waals surface area contributed by atoms with Crippen LogP contribution in [0.5, 0.6) is 0 Å². The van der Waals surface area contributed by atoms with E-state index in [0.29, 0.717) is 6.04 Å². The van der Waals surface area contributed by atoms with Crippen molar-refractivity contribution in [3.8, 4) is 0 Å². The van der Waals surface area contributed by atoms with E-state index in [9.17, 15) is 5.11 Å². The third-order valence-corrected chi connectivity index (χ3v) is 3.23. The summed E-state index contributed by atoms with van der Waals surface area (Å²) in [6.45, 7) is 1.97. The van der Waals surface area contributed by atoms with Gasteiger partial charge >= 0.3 is 0 Å². The zero-order chi connectivity index (χ0) is 10.2. The van der Waals surface area contributed by atoms with Gasteiger partial charge in [-0.1, -0.05) is 0 Å². The largest absolute Gasteiger partial charge is 0.395 e. The Bertz CT molecular complexity index is 140. The molecule has 1 aliphatic rings. The van der Waals surface area contributed by atoms with Gasteiger partial charge in [0.05, 0.1) is 6.61 Å². The summed E-state index contributed by atoms with van der Waals surface area (Å²) in [6.07, 6.45) is 5.31. The summed E-state index contributed by atoms with van der Waals surface area (Å²) in [5.41, 5.74) is 0. The van der Waals surface area contributed by atoms with Crippen molar-refractivity contribution in [1.29, 1.82) is 0 Å². The van der Waals surface area contributed by atoms with Gasteiger partial charge in [0.2, 0.25) is 0 Å². The van der Waals surface area contributed by atoms with E-state index in [1.165, 1.54) is 0 Å². The van der Waals surface area contributed by atoms with Gasteiger partial charge in [-0.2, -0.15) is 11.8 Å². The third-order valence-electron chi connectivity index (χ3n) is 2.58. The first-order valence-corrected chi connectivity index (χ1v) is 6.69. The molecule has 3 nitrogen and oxygen atoms in total. The second-order valence-corrected chi connectivity index (χ2v) is 4.70. The molecular weight excluding hydrogens is 198 g/mol. The molecule has 1 unspecified atom stereocenters. The lowest BCUT2D eigenvalue weighted by Crippen LogP contribution is -2.43. The van der Waals surface area contributed by atoms with Gasteiger partial charge in [-0.05, 0) is 31.3 Å². The molecule has 1 saturated heterocycles. The van der Waals surface area contributed by atoms with E-state index in [1.807, 2.05) is 11.8 Å². The highest BCUT2D eigenvalue weighted by molar-refractivity contribution is 7.98. The second-order valence-electron chi connectivity index (χ2n) is 3.71. The Morgan fingerprint density at radius 1 is 1.50 bits per heavy atom. The molecule has 1 rings (SSSR count). The Morgan fingerprint density at radius 2 is 2.21 bits per heavy atom. The molecule has 14 heavy (non-hydrogen) atoms. The van der Waals surface area contributed by atoms with Gasteiger partial charge in [0, 0.05) is 25.3 Å². The SMILES string of the molecule is CSCCC(CO)NC1CCOCC1. The standard InChI is InChI=1S/C10H21NO2S/c1-14-7-4-10(8-12)11-9-2-5-13-6-3-9/h9-12H,2-8H2,1H3. The molecule has 0 aromatic carbocycles. The fraction of sp³-hybridized carbons (Fsp3) is 1.00. The Labute approximate surface area is 90.6 Å². The van der Waals surface area contributed by atoms with Crippen LogP contribution in [0.25, 0.3) is 0 Å². The van der Waals surface area contributed by atoms with Gasteiger partial charge < -0.3 is 15.2 Å². The van der Waals surface area contributed by atoms with Crippen molar-refractivity contribution in [2.24, 2.45) is 0 Å². The quantitative estimate of drug-likeness (QED) is 0.695. The van der Waals surface area contributed by atoms with Crippen LogP contribution in [0.15, 0.2) is 0 Å². The third kappa shape index (κ3) is 4.64. The molecule has 4 heteroatoms. The molecule has 0 aromatic heterocycles. The molecule has 1 heterocycles. The first-order chi connectivity index (χ1) is 6.86. The van der Waals surface area contributed by atoms with Crippen LogP contribution in [0.3, 0.4) is 0 Å². The molecule has 1 fully saturated rings. The number of nitrogens with one attached hydrogen (secondary N) is 1. The van der Waals surface area contributed by atoms with E-state index >= 15 is 0 Å². The maximum absolute atomic E-state index is 9.18. The molecule has 0 aliphatic carbocycles. The molecule has 1 aliphatic heterocycles. The average Bonchev–Trinajstić information content (AvgIpc) is 2.25. The fourth-order valence-electron chi connectivity index (χ4n) is 1.69. The zero-order valence-electron chi connectivity index (χ0n) is 8.87. The predicted octanol–water partition coefficient (Wildman–Crippen LogP) is 0.869. The molecule has 0 aromatic rings. The van der Waals surface area contributed by atoms with Crippen LogP contribution < -0.4 is 5.32 Å². The van der Waals surface area contributed by atoms with Crippen LogP contribution in [0.4, 0.5) is 0 Å². The Hall–Kier alpha value is 0.230. The van der Waals surface area contributed by atoms with Crippen molar-refractivity contribution < 1.29 is 9.84 Å². The Kier molecular flexibility index (Phi) is 6.60. The Morgan fingerprint density at radius 3 is 2.79 bits per heavy atom. The minimum absolute atomic E-state index is 0.248. The van der Waals surface area contributed by atoms with E-state index in [4.69, 9.17) is 4.74 Å². The van der Waals surface area contributed by atoms with Gasteiger partial charge in [-0.15, -0.1) is 0 Å². The molecule has 1 atom stereocenters. The first kappa shape index (κ1) is 12.3. The van der Waals surface area contributed by atoms with E-state index in [-0.39, 0.29) is 12.6 Å². The van der Waals surface area contributed by atoms with Crippen LogP contribution in [-0.4, -0.2) is 49.0 Å². The number of thioether (sulfide) groups is 1. The molecular formula is C10H21NO2S. The number of aliphatic hydroxyl groups is 1. The predicted molar refractivity (Wildman–Crippen MR) is 60.8 cm³/mol. The number of hydrogen-bond acceptors (Lipinski definition) is 4. The molecule has 84 valence electrons. The van der Waals surface area contributed by atoms with Crippen molar-refractivity contribution in [2.45, 2.75) is 31.3 Å².